The molecule has 19 heavy (non-hydrogen) atoms. The molecule has 1 aromatic carbocycles. The van der Waals surface area contributed by atoms with Crippen LogP contribution in [-0.2, 0) is 0 Å². The van der Waals surface area contributed by atoms with Gasteiger partial charge < -0.3 is 4.90 Å². The quantitative estimate of drug-likeness (QED) is 0.720. The van der Waals surface area contributed by atoms with E-state index in [9.17, 15) is 4.79 Å². The lowest BCUT2D eigenvalue weighted by Crippen LogP contribution is -2.23. The Bertz CT molecular complexity index is 751. The highest BCUT2D eigenvalue weighted by atomic mass is 16.2. The zero-order valence-corrected chi connectivity index (χ0v) is 11.2. The van der Waals surface area contributed by atoms with Crippen molar-refractivity contribution in [2.45, 2.75) is 19.8 Å². The van der Waals surface area contributed by atoms with Crippen molar-refractivity contribution in [2.75, 3.05) is 13.6 Å². The first-order valence-electron chi connectivity index (χ1n) is 6.79. The highest BCUT2D eigenvalue weighted by molar-refractivity contribution is 6.14. The zero-order chi connectivity index (χ0) is 13.1. The average molecular weight is 252 g/mol. The summed E-state index contributed by atoms with van der Waals surface area (Å²) >= 11 is 0. The van der Waals surface area contributed by atoms with E-state index >= 15 is 0 Å². The number of allylic oxidation sites excluding steroid dienone is 1. The van der Waals surface area contributed by atoms with Crippen LogP contribution in [0.3, 0.4) is 0 Å². The van der Waals surface area contributed by atoms with Gasteiger partial charge in [0, 0.05) is 24.6 Å². The molecule has 0 spiro atoms. The van der Waals surface area contributed by atoms with E-state index in [2.05, 4.69) is 24.9 Å². The Morgan fingerprint density at radius 1 is 1.21 bits per heavy atom. The van der Waals surface area contributed by atoms with Crippen molar-refractivity contribution in [1.29, 1.82) is 0 Å². The van der Waals surface area contributed by atoms with Gasteiger partial charge in [-0.3, -0.25) is 9.36 Å². The topological polar surface area (TPSA) is 25.2 Å². The Morgan fingerprint density at radius 2 is 2.00 bits per heavy atom. The first kappa shape index (κ1) is 10.9. The number of nitrogens with zero attached hydrogens (tertiary/aromatic N) is 2. The molecule has 0 fully saturated rings. The third kappa shape index (κ3) is 1.20. The molecule has 1 aromatic heterocycles. The molecule has 0 atom stereocenters. The van der Waals surface area contributed by atoms with Gasteiger partial charge in [0.15, 0.2) is 0 Å². The smallest absolute Gasteiger partial charge is 0.261 e. The number of hydrogen-bond acceptors (Lipinski definition) is 2. The molecule has 0 amide bonds. The lowest BCUT2D eigenvalue weighted by atomic mass is 10.0. The van der Waals surface area contributed by atoms with Crippen molar-refractivity contribution in [3.8, 4) is 0 Å². The molecular weight excluding hydrogens is 236 g/mol. The van der Waals surface area contributed by atoms with Crippen LogP contribution < -0.4 is 0 Å². The Labute approximate surface area is 112 Å². The molecule has 2 aliphatic heterocycles. The second-order valence-electron chi connectivity index (χ2n) is 5.48. The van der Waals surface area contributed by atoms with Gasteiger partial charge in [0.2, 0.25) is 0 Å². The summed E-state index contributed by atoms with van der Waals surface area (Å²) < 4.78 is 1.91. The number of benzene rings is 1. The van der Waals surface area contributed by atoms with Crippen LogP contribution in [0.4, 0.5) is 0 Å². The van der Waals surface area contributed by atoms with E-state index in [4.69, 9.17) is 0 Å². The molecule has 2 aromatic rings. The molecular formula is C16H16N2O. The largest absolute Gasteiger partial charge is 0.372 e. The van der Waals surface area contributed by atoms with Crippen LogP contribution in [0.25, 0.3) is 16.6 Å². The number of fused-ring (bicyclic) bond motifs is 4. The van der Waals surface area contributed by atoms with Gasteiger partial charge in [-0.15, -0.1) is 0 Å². The fourth-order valence-corrected chi connectivity index (χ4v) is 3.52. The fraction of sp³-hybridized carbons (Fsp3) is 0.312. The van der Waals surface area contributed by atoms with Gasteiger partial charge in [0.25, 0.3) is 5.91 Å². The molecule has 0 N–H and O–H groups in total. The molecule has 3 heteroatoms. The molecule has 0 bridgehead atoms. The molecule has 0 unspecified atom stereocenters. The summed E-state index contributed by atoms with van der Waals surface area (Å²) in [6.45, 7) is 3.16. The monoisotopic (exact) mass is 252 g/mol. The molecule has 3 heterocycles. The van der Waals surface area contributed by atoms with E-state index in [0.717, 1.165) is 41.9 Å². The van der Waals surface area contributed by atoms with Crippen LogP contribution in [0.15, 0.2) is 29.8 Å². The third-order valence-corrected chi connectivity index (χ3v) is 4.40. The lowest BCUT2D eigenvalue weighted by molar-refractivity contribution is 0.0961. The van der Waals surface area contributed by atoms with Gasteiger partial charge >= 0.3 is 0 Å². The van der Waals surface area contributed by atoms with Gasteiger partial charge in [-0.1, -0.05) is 18.2 Å². The molecule has 3 nitrogen and oxygen atoms in total. The predicted molar refractivity (Wildman–Crippen MR) is 76.1 cm³/mol. The molecule has 0 saturated heterocycles. The first-order chi connectivity index (χ1) is 9.20. The van der Waals surface area contributed by atoms with E-state index in [1.54, 1.807) is 0 Å². The number of rotatable bonds is 0. The SMILES string of the molecule is Cc1c2n(c3ccccc13)C(=O)C1=C2N(C)CCC1. The maximum Gasteiger partial charge on any atom is 0.261 e. The highest BCUT2D eigenvalue weighted by Crippen LogP contribution is 2.41. The number of para-hydroxylation sites is 1. The second kappa shape index (κ2) is 3.50. The van der Waals surface area contributed by atoms with E-state index < -0.39 is 0 Å². The maximum atomic E-state index is 12.7. The van der Waals surface area contributed by atoms with Crippen molar-refractivity contribution in [3.63, 3.8) is 0 Å². The minimum absolute atomic E-state index is 0.181. The minimum atomic E-state index is 0.181. The lowest BCUT2D eigenvalue weighted by Gasteiger charge is -2.26. The van der Waals surface area contributed by atoms with Crippen molar-refractivity contribution in [1.82, 2.24) is 9.47 Å². The molecule has 0 aliphatic carbocycles. The van der Waals surface area contributed by atoms with E-state index in [0.29, 0.717) is 0 Å². The van der Waals surface area contributed by atoms with Crippen LogP contribution in [0.5, 0.6) is 0 Å². The van der Waals surface area contributed by atoms with Crippen LogP contribution in [0.1, 0.15) is 28.9 Å². The van der Waals surface area contributed by atoms with Crippen molar-refractivity contribution < 1.29 is 4.79 Å². The Balaban J connectivity index is 2.12. The fourth-order valence-electron chi connectivity index (χ4n) is 3.52. The van der Waals surface area contributed by atoms with Crippen molar-refractivity contribution in [2.24, 2.45) is 0 Å². The number of carbonyl (C=O) groups excluding carboxylic acids is 1. The molecule has 0 radical (unpaired) electrons. The molecule has 0 saturated carbocycles. The van der Waals surface area contributed by atoms with Gasteiger partial charge in [-0.2, -0.15) is 0 Å². The Hall–Kier alpha value is -2.03. The van der Waals surface area contributed by atoms with Crippen molar-refractivity contribution in [3.05, 3.63) is 41.1 Å². The summed E-state index contributed by atoms with van der Waals surface area (Å²) in [7, 11) is 2.09. The van der Waals surface area contributed by atoms with Gasteiger partial charge in [0.1, 0.15) is 0 Å². The standard InChI is InChI=1S/C16H16N2O/c1-10-11-6-3-4-8-13(11)18-14(10)15-12(16(18)19)7-5-9-17(15)2/h3-4,6,8H,5,7,9H2,1-2H3. The Kier molecular flexibility index (Phi) is 2.00. The van der Waals surface area contributed by atoms with Crippen LogP contribution in [-0.4, -0.2) is 29.0 Å². The number of aromatic nitrogens is 1. The highest BCUT2D eigenvalue weighted by Gasteiger charge is 2.36. The van der Waals surface area contributed by atoms with Gasteiger partial charge in [-0.05, 0) is 31.4 Å². The zero-order valence-electron chi connectivity index (χ0n) is 11.2. The summed E-state index contributed by atoms with van der Waals surface area (Å²) in [6, 6.07) is 8.19. The predicted octanol–water partition coefficient (Wildman–Crippen LogP) is 3.04. The van der Waals surface area contributed by atoms with Crippen LogP contribution >= 0.6 is 0 Å². The minimum Gasteiger partial charge on any atom is -0.372 e. The second-order valence-corrected chi connectivity index (χ2v) is 5.48. The normalized spacial score (nSPS) is 18.2. The van der Waals surface area contributed by atoms with E-state index in [1.165, 1.54) is 10.9 Å². The molecule has 96 valence electrons. The summed E-state index contributed by atoms with van der Waals surface area (Å²) in [5, 5.41) is 1.19. The van der Waals surface area contributed by atoms with Crippen LogP contribution in [0.2, 0.25) is 0 Å². The first-order valence-corrected chi connectivity index (χ1v) is 6.79. The van der Waals surface area contributed by atoms with E-state index in [1.807, 2.05) is 22.8 Å². The summed E-state index contributed by atoms with van der Waals surface area (Å²) in [6.07, 6.45) is 1.98. The third-order valence-electron chi connectivity index (χ3n) is 4.40. The van der Waals surface area contributed by atoms with E-state index in [-0.39, 0.29) is 5.91 Å². The number of aryl methyl sites for hydroxylation is 1. The van der Waals surface area contributed by atoms with Crippen LogP contribution in [0, 0.1) is 6.92 Å². The summed E-state index contributed by atoms with van der Waals surface area (Å²) in [4.78, 5) is 14.9. The van der Waals surface area contributed by atoms with Gasteiger partial charge in [0.05, 0.1) is 16.9 Å². The maximum absolute atomic E-state index is 12.7. The molecule has 2 aliphatic rings. The summed E-state index contributed by atoms with van der Waals surface area (Å²) in [5.41, 5.74) is 5.54. The van der Waals surface area contributed by atoms with Gasteiger partial charge in [-0.25, -0.2) is 0 Å². The average Bonchev–Trinajstić information content (AvgIpc) is 2.88. The molecule has 4 rings (SSSR count). The number of carbonyl (C=O) groups is 1. The number of hydrogen-bond donors (Lipinski definition) is 0. The Morgan fingerprint density at radius 3 is 2.84 bits per heavy atom. The van der Waals surface area contributed by atoms with Crippen molar-refractivity contribution >= 4 is 22.5 Å². The summed E-state index contributed by atoms with van der Waals surface area (Å²) in [5.74, 6) is 0.181.